The van der Waals surface area contributed by atoms with Crippen molar-refractivity contribution in [3.8, 4) is 0 Å². The summed E-state index contributed by atoms with van der Waals surface area (Å²) in [4.78, 5) is 38.4. The summed E-state index contributed by atoms with van der Waals surface area (Å²) in [6, 6.07) is 7.11. The number of aliphatic carboxylic acids is 1. The lowest BCUT2D eigenvalue weighted by molar-refractivity contribution is -0.151. The number of hydrogen-bond acceptors (Lipinski definition) is 4. The molecule has 2 atom stereocenters. The largest absolute Gasteiger partial charge is 0.477 e. The molecule has 2 fully saturated rings. The van der Waals surface area contributed by atoms with Gasteiger partial charge in [0.1, 0.15) is 17.1 Å². The van der Waals surface area contributed by atoms with Crippen LogP contribution >= 0.6 is 27.7 Å². The molecule has 4 rings (SSSR count). The molecule has 8 heteroatoms. The van der Waals surface area contributed by atoms with Crippen LogP contribution < -0.4 is 5.32 Å². The van der Waals surface area contributed by atoms with Crippen LogP contribution in [0.2, 0.25) is 0 Å². The van der Waals surface area contributed by atoms with Crippen LogP contribution in [0.4, 0.5) is 0 Å². The Morgan fingerprint density at radius 2 is 2.04 bits per heavy atom. The molecule has 1 aliphatic carbocycles. The fraction of sp³-hybridized carbons (Fsp3) is 0.421. The molecule has 0 bridgehead atoms. The molecule has 2 heterocycles. The van der Waals surface area contributed by atoms with Crippen LogP contribution in [0.1, 0.15) is 31.2 Å². The number of carboxylic acid groups (broad SMARTS) is 1. The number of hydrogen-bond donors (Lipinski definition) is 2. The van der Waals surface area contributed by atoms with Gasteiger partial charge < -0.3 is 10.4 Å². The van der Waals surface area contributed by atoms with E-state index in [0.717, 1.165) is 35.7 Å². The number of carbonyl (C=O) groups excluding carboxylic acids is 2. The SMILES string of the molecule is O=C(O)C1=CCS[C@@H]2[C@H](NC(=O)C3(c4cccc(Br)c4)CCCC3)C(=O)N12. The van der Waals surface area contributed by atoms with Crippen LogP contribution in [0.3, 0.4) is 0 Å². The van der Waals surface area contributed by atoms with Gasteiger partial charge in [0.25, 0.3) is 5.91 Å². The summed E-state index contributed by atoms with van der Waals surface area (Å²) in [5.74, 6) is -1.08. The van der Waals surface area contributed by atoms with Crippen molar-refractivity contribution in [2.45, 2.75) is 42.5 Å². The van der Waals surface area contributed by atoms with Gasteiger partial charge in [-0.3, -0.25) is 14.5 Å². The lowest BCUT2D eigenvalue weighted by Gasteiger charge is -2.49. The van der Waals surface area contributed by atoms with Crippen molar-refractivity contribution in [2.75, 3.05) is 5.75 Å². The third kappa shape index (κ3) is 2.99. The van der Waals surface area contributed by atoms with Gasteiger partial charge in [-0.05, 0) is 36.6 Å². The van der Waals surface area contributed by atoms with Crippen LogP contribution in [0.25, 0.3) is 0 Å². The molecule has 1 aromatic carbocycles. The first-order valence-electron chi connectivity index (χ1n) is 8.89. The predicted molar refractivity (Wildman–Crippen MR) is 105 cm³/mol. The summed E-state index contributed by atoms with van der Waals surface area (Å²) in [5.41, 5.74) is 0.338. The van der Waals surface area contributed by atoms with Crippen LogP contribution in [-0.4, -0.2) is 45.0 Å². The van der Waals surface area contributed by atoms with Gasteiger partial charge in [-0.25, -0.2) is 4.79 Å². The second-order valence-electron chi connectivity index (χ2n) is 7.08. The van der Waals surface area contributed by atoms with Crippen LogP contribution in [0.15, 0.2) is 40.5 Å². The van der Waals surface area contributed by atoms with E-state index in [1.54, 1.807) is 6.08 Å². The van der Waals surface area contributed by atoms with Gasteiger partial charge in [0.15, 0.2) is 0 Å². The minimum atomic E-state index is -1.11. The summed E-state index contributed by atoms with van der Waals surface area (Å²) in [6.07, 6.45) is 4.97. The zero-order valence-electron chi connectivity index (χ0n) is 14.5. The topological polar surface area (TPSA) is 86.7 Å². The Labute approximate surface area is 169 Å². The van der Waals surface area contributed by atoms with Crippen molar-refractivity contribution in [1.82, 2.24) is 10.2 Å². The summed E-state index contributed by atoms with van der Waals surface area (Å²) in [5, 5.41) is 11.9. The quantitative estimate of drug-likeness (QED) is 0.688. The molecule has 2 amide bonds. The highest BCUT2D eigenvalue weighted by molar-refractivity contribution is 9.10. The molecule has 6 nitrogen and oxygen atoms in total. The van der Waals surface area contributed by atoms with Gasteiger partial charge in [-0.1, -0.05) is 40.9 Å². The maximum Gasteiger partial charge on any atom is 0.352 e. The van der Waals surface area contributed by atoms with Crippen molar-refractivity contribution >= 4 is 45.5 Å². The number of thioether (sulfide) groups is 1. The summed E-state index contributed by atoms with van der Waals surface area (Å²) in [7, 11) is 0. The number of benzene rings is 1. The molecule has 1 saturated heterocycles. The van der Waals surface area contributed by atoms with E-state index in [0.29, 0.717) is 5.75 Å². The zero-order chi connectivity index (χ0) is 19.2. The molecule has 1 saturated carbocycles. The van der Waals surface area contributed by atoms with E-state index >= 15 is 0 Å². The first-order valence-corrected chi connectivity index (χ1v) is 10.7. The van der Waals surface area contributed by atoms with Gasteiger partial charge in [-0.2, -0.15) is 0 Å². The second-order valence-corrected chi connectivity index (χ2v) is 9.14. The minimum absolute atomic E-state index is 0.0109. The molecule has 0 spiro atoms. The van der Waals surface area contributed by atoms with E-state index in [4.69, 9.17) is 0 Å². The van der Waals surface area contributed by atoms with E-state index in [9.17, 15) is 19.5 Å². The Kier molecular flexibility index (Phi) is 4.80. The highest BCUT2D eigenvalue weighted by atomic mass is 79.9. The Morgan fingerprint density at radius 3 is 2.70 bits per heavy atom. The maximum atomic E-state index is 13.3. The van der Waals surface area contributed by atoms with E-state index in [2.05, 4.69) is 21.2 Å². The second kappa shape index (κ2) is 6.98. The lowest BCUT2D eigenvalue weighted by atomic mass is 9.77. The van der Waals surface area contributed by atoms with Crippen molar-refractivity contribution in [3.05, 3.63) is 46.1 Å². The van der Waals surface area contributed by atoms with E-state index in [1.165, 1.54) is 16.7 Å². The minimum Gasteiger partial charge on any atom is -0.477 e. The molecular formula is C19H19BrN2O4S. The number of β-lactam (4-membered cyclic amide) rings is 1. The molecular weight excluding hydrogens is 432 g/mol. The number of carboxylic acids is 1. The smallest absolute Gasteiger partial charge is 0.352 e. The molecule has 2 N–H and O–H groups in total. The number of amides is 2. The summed E-state index contributed by atoms with van der Waals surface area (Å²) < 4.78 is 0.920. The number of halogens is 1. The van der Waals surface area contributed by atoms with Crippen molar-refractivity contribution < 1.29 is 19.5 Å². The first-order chi connectivity index (χ1) is 12.9. The van der Waals surface area contributed by atoms with E-state index in [-0.39, 0.29) is 22.9 Å². The number of nitrogens with zero attached hydrogens (tertiary/aromatic N) is 1. The number of rotatable bonds is 4. The Bertz CT molecular complexity index is 850. The normalized spacial score (nSPS) is 26.0. The monoisotopic (exact) mass is 450 g/mol. The van der Waals surface area contributed by atoms with E-state index in [1.807, 2.05) is 24.3 Å². The average Bonchev–Trinajstić information content (AvgIpc) is 3.16. The highest BCUT2D eigenvalue weighted by Crippen LogP contribution is 2.43. The number of fused-ring (bicyclic) bond motifs is 1. The predicted octanol–water partition coefficient (Wildman–Crippen LogP) is 2.63. The van der Waals surface area contributed by atoms with Crippen molar-refractivity contribution in [3.63, 3.8) is 0 Å². The molecule has 27 heavy (non-hydrogen) atoms. The van der Waals surface area contributed by atoms with Crippen LogP contribution in [-0.2, 0) is 19.8 Å². The fourth-order valence-electron chi connectivity index (χ4n) is 4.23. The standard InChI is InChI=1S/C19H19BrN2O4S/c20-12-5-3-4-11(10-12)19(7-1-2-8-19)18(26)21-14-15(23)22-13(17(24)25)6-9-27-16(14)22/h3-6,10,14,16H,1-2,7-9H2,(H,21,26)(H,24,25)/t14-,16-/m1/s1. The number of nitrogens with one attached hydrogen (secondary N) is 1. The lowest BCUT2D eigenvalue weighted by Crippen LogP contribution is -2.71. The van der Waals surface area contributed by atoms with Crippen LogP contribution in [0.5, 0.6) is 0 Å². The van der Waals surface area contributed by atoms with Crippen LogP contribution in [0, 0.1) is 0 Å². The maximum absolute atomic E-state index is 13.3. The van der Waals surface area contributed by atoms with Gasteiger partial charge in [0, 0.05) is 10.2 Å². The van der Waals surface area contributed by atoms with Gasteiger partial charge >= 0.3 is 5.97 Å². The molecule has 0 aromatic heterocycles. The highest BCUT2D eigenvalue weighted by Gasteiger charge is 2.54. The summed E-state index contributed by atoms with van der Waals surface area (Å²) in [6.45, 7) is 0. The molecule has 0 unspecified atom stereocenters. The first kappa shape index (κ1) is 18.6. The third-order valence-electron chi connectivity index (χ3n) is 5.62. The average molecular weight is 451 g/mol. The van der Waals surface area contributed by atoms with Gasteiger partial charge in [0.2, 0.25) is 5.91 Å². The molecule has 142 valence electrons. The van der Waals surface area contributed by atoms with E-state index < -0.39 is 17.4 Å². The Hall–Kier alpha value is -1.80. The molecule has 3 aliphatic rings. The number of carbonyl (C=O) groups is 3. The van der Waals surface area contributed by atoms with Gasteiger partial charge in [0.05, 0.1) is 5.41 Å². The zero-order valence-corrected chi connectivity index (χ0v) is 16.9. The summed E-state index contributed by atoms with van der Waals surface area (Å²) >= 11 is 4.95. The van der Waals surface area contributed by atoms with Gasteiger partial charge in [-0.15, -0.1) is 11.8 Å². The Balaban J connectivity index is 1.56. The van der Waals surface area contributed by atoms with Crippen molar-refractivity contribution in [2.24, 2.45) is 0 Å². The van der Waals surface area contributed by atoms with Crippen molar-refractivity contribution in [1.29, 1.82) is 0 Å². The fourth-order valence-corrected chi connectivity index (χ4v) is 5.82. The molecule has 1 aromatic rings. The molecule has 0 radical (unpaired) electrons. The molecule has 2 aliphatic heterocycles. The third-order valence-corrected chi connectivity index (χ3v) is 7.30. The Morgan fingerprint density at radius 1 is 1.30 bits per heavy atom.